The Bertz CT molecular complexity index is 1380. The Labute approximate surface area is 233 Å². The Hall–Kier alpha value is -2.44. The molecule has 1 saturated carbocycles. The van der Waals surface area contributed by atoms with Gasteiger partial charge in [0.25, 0.3) is 5.91 Å². The molecule has 210 valence electrons. The summed E-state index contributed by atoms with van der Waals surface area (Å²) in [7, 11) is -2.02. The zero-order valence-corrected chi connectivity index (χ0v) is 23.9. The minimum Gasteiger partial charge on any atom is -0.379 e. The van der Waals surface area contributed by atoms with E-state index in [1.54, 1.807) is 36.2 Å². The molecule has 1 amide bonds. The molecule has 0 N–H and O–H groups in total. The summed E-state index contributed by atoms with van der Waals surface area (Å²) in [5.74, 6) is -0.714. The van der Waals surface area contributed by atoms with Crippen molar-refractivity contribution in [3.63, 3.8) is 0 Å². The minimum atomic E-state index is -3.66. The third-order valence-electron chi connectivity index (χ3n) is 7.66. The average Bonchev–Trinajstić information content (AvgIpc) is 3.41. The second-order valence-corrected chi connectivity index (χ2v) is 13.2. The molecule has 0 spiro atoms. The summed E-state index contributed by atoms with van der Waals surface area (Å²) in [6, 6.07) is 10.9. The molecule has 2 fully saturated rings. The number of aromatic nitrogens is 1. The van der Waals surface area contributed by atoms with Gasteiger partial charge in [0.1, 0.15) is 11.3 Å². The lowest BCUT2D eigenvalue weighted by molar-refractivity contribution is 0.0376. The summed E-state index contributed by atoms with van der Waals surface area (Å²) in [5.41, 5.74) is 0.607. The van der Waals surface area contributed by atoms with Gasteiger partial charge >= 0.3 is 0 Å². The first kappa shape index (κ1) is 28.1. The van der Waals surface area contributed by atoms with Gasteiger partial charge < -0.3 is 4.74 Å². The van der Waals surface area contributed by atoms with E-state index in [4.69, 9.17) is 4.74 Å². The lowest BCUT2D eigenvalue weighted by atomic mass is 9.96. The van der Waals surface area contributed by atoms with Crippen molar-refractivity contribution in [3.05, 3.63) is 53.8 Å². The van der Waals surface area contributed by atoms with Crippen LogP contribution in [-0.2, 0) is 14.8 Å². The van der Waals surface area contributed by atoms with E-state index in [2.05, 4.69) is 9.88 Å². The van der Waals surface area contributed by atoms with Crippen molar-refractivity contribution in [3.8, 4) is 0 Å². The fraction of sp³-hybridized carbons (Fsp3) is 0.500. The number of amides is 1. The standard InChI is InChI=1S/C28H35FN4O4S2/c1-31(22-7-3-2-4-8-22)39(35,36)23-13-11-21(12-14-23)27(34)33(16-6-15-32-17-19-37-20-18-32)28-30-26-24(29)9-5-10-25(26)38-28/h5,9-14,22H,2-4,6-8,15-20H2,1H3. The molecule has 0 radical (unpaired) electrons. The number of hydrogen-bond acceptors (Lipinski definition) is 7. The summed E-state index contributed by atoms with van der Waals surface area (Å²) in [4.78, 5) is 22.3. The van der Waals surface area contributed by atoms with Gasteiger partial charge in [-0.3, -0.25) is 14.6 Å². The smallest absolute Gasteiger partial charge is 0.260 e. The topological polar surface area (TPSA) is 83.1 Å². The van der Waals surface area contributed by atoms with E-state index in [0.29, 0.717) is 41.6 Å². The van der Waals surface area contributed by atoms with Gasteiger partial charge in [0.15, 0.2) is 5.13 Å². The molecule has 0 bridgehead atoms. The van der Waals surface area contributed by atoms with Gasteiger partial charge in [0, 0.05) is 44.8 Å². The maximum atomic E-state index is 14.4. The van der Waals surface area contributed by atoms with Crippen molar-refractivity contribution in [2.24, 2.45) is 0 Å². The highest BCUT2D eigenvalue weighted by atomic mass is 32.2. The molecule has 39 heavy (non-hydrogen) atoms. The summed E-state index contributed by atoms with van der Waals surface area (Å²) in [6.07, 6.45) is 5.67. The van der Waals surface area contributed by atoms with Gasteiger partial charge in [0.2, 0.25) is 10.0 Å². The third-order valence-corrected chi connectivity index (χ3v) is 10.6. The summed E-state index contributed by atoms with van der Waals surface area (Å²) in [6.45, 7) is 4.31. The SMILES string of the molecule is CN(C1CCCCC1)S(=O)(=O)c1ccc(C(=O)N(CCCN2CCOCC2)c2nc3c(F)cccc3s2)cc1. The van der Waals surface area contributed by atoms with Crippen molar-refractivity contribution in [2.75, 3.05) is 51.3 Å². The zero-order valence-electron chi connectivity index (χ0n) is 22.2. The van der Waals surface area contributed by atoms with E-state index >= 15 is 0 Å². The predicted molar refractivity (Wildman–Crippen MR) is 151 cm³/mol. The molecule has 1 aliphatic heterocycles. The number of nitrogens with zero attached hydrogens (tertiary/aromatic N) is 4. The van der Waals surface area contributed by atoms with Crippen molar-refractivity contribution in [2.45, 2.75) is 49.5 Å². The highest BCUT2D eigenvalue weighted by Crippen LogP contribution is 2.32. The van der Waals surface area contributed by atoms with Crippen molar-refractivity contribution < 1.29 is 22.3 Å². The number of carbonyl (C=O) groups is 1. The number of morpholine rings is 1. The molecule has 1 aliphatic carbocycles. The minimum absolute atomic E-state index is 0.00597. The number of fused-ring (bicyclic) bond motifs is 1. The van der Waals surface area contributed by atoms with Crippen LogP contribution in [0.2, 0.25) is 0 Å². The number of anilines is 1. The van der Waals surface area contributed by atoms with Crippen LogP contribution in [-0.4, -0.2) is 81.0 Å². The molecular formula is C28H35FN4O4S2. The summed E-state index contributed by atoms with van der Waals surface area (Å²) >= 11 is 1.27. The van der Waals surface area contributed by atoms with E-state index in [0.717, 1.165) is 51.7 Å². The Balaban J connectivity index is 1.36. The Morgan fingerprint density at radius 2 is 1.82 bits per heavy atom. The van der Waals surface area contributed by atoms with Crippen molar-refractivity contribution in [1.29, 1.82) is 0 Å². The lowest BCUT2D eigenvalue weighted by Crippen LogP contribution is -2.39. The van der Waals surface area contributed by atoms with E-state index in [-0.39, 0.29) is 22.4 Å². The van der Waals surface area contributed by atoms with Crippen LogP contribution in [0.25, 0.3) is 10.2 Å². The predicted octanol–water partition coefficient (Wildman–Crippen LogP) is 4.76. The molecule has 0 atom stereocenters. The van der Waals surface area contributed by atoms with Gasteiger partial charge in [-0.1, -0.05) is 36.7 Å². The second kappa shape index (κ2) is 12.4. The molecule has 2 aliphatic rings. The van der Waals surface area contributed by atoms with Crippen molar-refractivity contribution >= 4 is 42.6 Å². The molecular weight excluding hydrogens is 539 g/mol. The largest absolute Gasteiger partial charge is 0.379 e. The van der Waals surface area contributed by atoms with E-state index in [9.17, 15) is 17.6 Å². The van der Waals surface area contributed by atoms with E-state index < -0.39 is 15.8 Å². The van der Waals surface area contributed by atoms with Gasteiger partial charge in [-0.05, 0) is 55.7 Å². The number of sulfonamides is 1. The van der Waals surface area contributed by atoms with Crippen LogP contribution in [0.3, 0.4) is 0 Å². The highest BCUT2D eigenvalue weighted by Gasteiger charge is 2.30. The fourth-order valence-electron chi connectivity index (χ4n) is 5.31. The summed E-state index contributed by atoms with van der Waals surface area (Å²) < 4.78 is 48.5. The molecule has 0 unspecified atom stereocenters. The number of ether oxygens (including phenoxy) is 1. The third kappa shape index (κ3) is 6.33. The molecule has 11 heteroatoms. The molecule has 1 aromatic heterocycles. The second-order valence-electron chi connectivity index (χ2n) is 10.2. The number of para-hydroxylation sites is 1. The monoisotopic (exact) mass is 574 g/mol. The fourth-order valence-corrected chi connectivity index (χ4v) is 7.73. The van der Waals surface area contributed by atoms with Crippen LogP contribution in [0.5, 0.6) is 0 Å². The first-order chi connectivity index (χ1) is 18.8. The summed E-state index contributed by atoms with van der Waals surface area (Å²) in [5, 5.41) is 0.427. The van der Waals surface area contributed by atoms with Gasteiger partial charge in [-0.15, -0.1) is 0 Å². The highest BCUT2D eigenvalue weighted by molar-refractivity contribution is 7.89. The Kier molecular flexibility index (Phi) is 8.92. The molecule has 3 aromatic rings. The maximum absolute atomic E-state index is 14.4. The van der Waals surface area contributed by atoms with E-state index in [1.165, 1.54) is 33.8 Å². The van der Waals surface area contributed by atoms with Crippen molar-refractivity contribution in [1.82, 2.24) is 14.2 Å². The van der Waals surface area contributed by atoms with Crippen LogP contribution < -0.4 is 4.90 Å². The molecule has 8 nitrogen and oxygen atoms in total. The van der Waals surface area contributed by atoms with Crippen LogP contribution in [0.4, 0.5) is 9.52 Å². The van der Waals surface area contributed by atoms with Gasteiger partial charge in [-0.25, -0.2) is 17.8 Å². The lowest BCUT2D eigenvalue weighted by Gasteiger charge is -2.30. The first-order valence-electron chi connectivity index (χ1n) is 13.6. The average molecular weight is 575 g/mol. The zero-order chi connectivity index (χ0) is 27.4. The molecule has 1 saturated heterocycles. The van der Waals surface area contributed by atoms with Crippen LogP contribution in [0, 0.1) is 5.82 Å². The maximum Gasteiger partial charge on any atom is 0.260 e. The van der Waals surface area contributed by atoms with Crippen LogP contribution in [0.1, 0.15) is 48.9 Å². The Morgan fingerprint density at radius 3 is 2.51 bits per heavy atom. The van der Waals surface area contributed by atoms with Gasteiger partial charge in [0.05, 0.1) is 22.8 Å². The van der Waals surface area contributed by atoms with Crippen LogP contribution in [0.15, 0.2) is 47.4 Å². The number of benzene rings is 2. The number of halogens is 1. The molecule has 5 rings (SSSR count). The number of thiazole rings is 1. The number of carbonyl (C=O) groups excluding carboxylic acids is 1. The number of rotatable bonds is 9. The molecule has 2 heterocycles. The quantitative estimate of drug-likeness (QED) is 0.367. The normalized spacial score (nSPS) is 17.6. The molecule has 2 aromatic carbocycles. The van der Waals surface area contributed by atoms with Gasteiger partial charge in [-0.2, -0.15) is 4.31 Å². The number of hydrogen-bond donors (Lipinski definition) is 0. The van der Waals surface area contributed by atoms with Crippen LogP contribution >= 0.6 is 11.3 Å². The first-order valence-corrected chi connectivity index (χ1v) is 15.9. The Morgan fingerprint density at radius 1 is 1.10 bits per heavy atom. The van der Waals surface area contributed by atoms with E-state index in [1.807, 2.05) is 0 Å².